The van der Waals surface area contributed by atoms with E-state index in [1.54, 1.807) is 0 Å². The van der Waals surface area contributed by atoms with Gasteiger partial charge in [0, 0.05) is 30.5 Å². The van der Waals surface area contributed by atoms with Crippen molar-refractivity contribution in [3.63, 3.8) is 0 Å². The minimum absolute atomic E-state index is 0.282. The number of Topliss-reactive ketones (excluding diaryl/α,β-unsaturated/α-hetero) is 1. The van der Waals surface area contributed by atoms with Crippen molar-refractivity contribution in [1.29, 1.82) is 0 Å². The molecule has 3 heteroatoms. The van der Waals surface area contributed by atoms with Crippen molar-refractivity contribution in [1.82, 2.24) is 4.90 Å². The van der Waals surface area contributed by atoms with Crippen LogP contribution in [0.1, 0.15) is 44.1 Å². The number of fused-ring (bicyclic) bond motifs is 2. The lowest BCUT2D eigenvalue weighted by molar-refractivity contribution is -0.137. The molecule has 0 spiro atoms. The predicted molar refractivity (Wildman–Crippen MR) is 90.1 cm³/mol. The molecule has 0 N–H and O–H groups in total. The molecule has 3 aliphatic rings. The fraction of sp³-hybridized carbons (Fsp3) is 0.650. The minimum Gasteiger partial charge on any atom is -0.378 e. The van der Waals surface area contributed by atoms with Crippen LogP contribution in [0.4, 0.5) is 0 Å². The summed E-state index contributed by atoms with van der Waals surface area (Å²) in [6.45, 7) is 2.57. The highest BCUT2D eigenvalue weighted by Crippen LogP contribution is 2.37. The van der Waals surface area contributed by atoms with E-state index in [1.165, 1.54) is 18.4 Å². The lowest BCUT2D eigenvalue weighted by Crippen LogP contribution is -2.57. The maximum absolute atomic E-state index is 12.8. The van der Waals surface area contributed by atoms with Crippen molar-refractivity contribution in [2.24, 2.45) is 11.8 Å². The molecule has 2 unspecified atom stereocenters. The van der Waals surface area contributed by atoms with Gasteiger partial charge in [-0.1, -0.05) is 43.2 Å². The molecule has 124 valence electrons. The molecule has 2 bridgehead atoms. The molecule has 2 atom stereocenters. The summed E-state index contributed by atoms with van der Waals surface area (Å²) < 4.78 is 5.81. The Morgan fingerprint density at radius 3 is 2.30 bits per heavy atom. The Labute approximate surface area is 139 Å². The Balaban J connectivity index is 1.45. The number of rotatable bonds is 4. The summed E-state index contributed by atoms with van der Waals surface area (Å²) in [5, 5.41) is 0. The molecule has 2 saturated heterocycles. The van der Waals surface area contributed by atoms with E-state index < -0.39 is 0 Å². The van der Waals surface area contributed by atoms with Crippen LogP contribution in [0.15, 0.2) is 30.3 Å². The molecule has 0 radical (unpaired) electrons. The Morgan fingerprint density at radius 2 is 1.65 bits per heavy atom. The van der Waals surface area contributed by atoms with Crippen molar-refractivity contribution in [3.8, 4) is 0 Å². The van der Waals surface area contributed by atoms with E-state index >= 15 is 0 Å². The van der Waals surface area contributed by atoms with Crippen molar-refractivity contribution in [2.75, 3.05) is 13.2 Å². The molecular formula is C20H27NO2. The standard InChI is InChI=1S/C20H27NO2/c22-20(16-8-4-5-9-16)17-10-18-13-23-14-19(11-17)21(18)12-15-6-2-1-3-7-15/h1-3,6-7,16-19H,4-5,8-14H2. The molecule has 4 rings (SSSR count). The van der Waals surface area contributed by atoms with Gasteiger partial charge in [0.05, 0.1) is 13.2 Å². The third-order valence-electron chi connectivity index (χ3n) is 6.04. The molecule has 23 heavy (non-hydrogen) atoms. The molecule has 0 amide bonds. The van der Waals surface area contributed by atoms with Gasteiger partial charge in [-0.15, -0.1) is 0 Å². The van der Waals surface area contributed by atoms with E-state index in [1.807, 2.05) is 0 Å². The molecule has 1 aromatic rings. The van der Waals surface area contributed by atoms with Gasteiger partial charge < -0.3 is 4.74 Å². The molecule has 2 heterocycles. The van der Waals surface area contributed by atoms with Crippen LogP contribution in [0.5, 0.6) is 0 Å². The Bertz CT molecular complexity index is 524. The van der Waals surface area contributed by atoms with Crippen molar-refractivity contribution < 1.29 is 9.53 Å². The lowest BCUT2D eigenvalue weighted by atomic mass is 9.78. The quantitative estimate of drug-likeness (QED) is 0.853. The molecule has 3 nitrogen and oxygen atoms in total. The van der Waals surface area contributed by atoms with E-state index in [2.05, 4.69) is 35.2 Å². The summed E-state index contributed by atoms with van der Waals surface area (Å²) in [6.07, 6.45) is 6.76. The number of carbonyl (C=O) groups is 1. The van der Waals surface area contributed by atoms with Gasteiger partial charge in [0.25, 0.3) is 0 Å². The molecule has 1 saturated carbocycles. The van der Waals surface area contributed by atoms with E-state index in [9.17, 15) is 4.79 Å². The Morgan fingerprint density at radius 1 is 1.00 bits per heavy atom. The second-order valence-electron chi connectivity index (χ2n) is 7.56. The number of morpholine rings is 1. The Hall–Kier alpha value is -1.19. The summed E-state index contributed by atoms with van der Waals surface area (Å²) in [5.41, 5.74) is 1.37. The SMILES string of the molecule is O=C(C1CCCC1)C1CC2COCC(C1)N2Cc1ccccc1. The first kappa shape index (κ1) is 15.3. The van der Waals surface area contributed by atoms with Gasteiger partial charge in [-0.25, -0.2) is 0 Å². The van der Waals surface area contributed by atoms with Crippen molar-refractivity contribution >= 4 is 5.78 Å². The number of hydrogen-bond acceptors (Lipinski definition) is 3. The summed E-state index contributed by atoms with van der Waals surface area (Å²) in [7, 11) is 0. The number of hydrogen-bond donors (Lipinski definition) is 0. The van der Waals surface area contributed by atoms with Crippen molar-refractivity contribution in [2.45, 2.75) is 57.2 Å². The highest BCUT2D eigenvalue weighted by atomic mass is 16.5. The van der Waals surface area contributed by atoms with Crippen LogP contribution in [-0.2, 0) is 16.1 Å². The minimum atomic E-state index is 0.282. The van der Waals surface area contributed by atoms with Crippen LogP contribution in [0.3, 0.4) is 0 Å². The molecular weight excluding hydrogens is 286 g/mol. The second kappa shape index (κ2) is 6.74. The van der Waals surface area contributed by atoms with E-state index in [4.69, 9.17) is 4.74 Å². The van der Waals surface area contributed by atoms with Gasteiger partial charge in [0.2, 0.25) is 0 Å². The highest BCUT2D eigenvalue weighted by molar-refractivity contribution is 5.83. The fourth-order valence-corrected chi connectivity index (χ4v) is 4.82. The van der Waals surface area contributed by atoms with Crippen LogP contribution >= 0.6 is 0 Å². The number of benzene rings is 1. The average Bonchev–Trinajstić information content (AvgIpc) is 3.09. The van der Waals surface area contributed by atoms with Gasteiger partial charge in [0.15, 0.2) is 0 Å². The van der Waals surface area contributed by atoms with Gasteiger partial charge in [-0.2, -0.15) is 0 Å². The largest absolute Gasteiger partial charge is 0.378 e. The zero-order valence-corrected chi connectivity index (χ0v) is 13.8. The summed E-state index contributed by atoms with van der Waals surface area (Å²) in [4.78, 5) is 15.4. The lowest BCUT2D eigenvalue weighted by Gasteiger charge is -2.48. The van der Waals surface area contributed by atoms with Gasteiger partial charge in [-0.3, -0.25) is 9.69 Å². The number of piperidine rings is 1. The first-order valence-electron chi connectivity index (χ1n) is 9.22. The number of ketones is 1. The van der Waals surface area contributed by atoms with E-state index in [-0.39, 0.29) is 5.92 Å². The van der Waals surface area contributed by atoms with Gasteiger partial charge >= 0.3 is 0 Å². The molecule has 1 aliphatic carbocycles. The highest BCUT2D eigenvalue weighted by Gasteiger charge is 2.42. The third kappa shape index (κ3) is 3.22. The van der Waals surface area contributed by atoms with Gasteiger partial charge in [-0.05, 0) is 31.2 Å². The normalized spacial score (nSPS) is 32.1. The maximum atomic E-state index is 12.8. The summed E-state index contributed by atoms with van der Waals surface area (Å²) in [6, 6.07) is 11.5. The van der Waals surface area contributed by atoms with E-state index in [0.29, 0.717) is 23.8 Å². The van der Waals surface area contributed by atoms with Crippen LogP contribution in [0.25, 0.3) is 0 Å². The fourth-order valence-electron chi connectivity index (χ4n) is 4.82. The Kier molecular flexibility index (Phi) is 4.50. The molecule has 3 fully saturated rings. The number of carbonyl (C=O) groups excluding carboxylic acids is 1. The monoisotopic (exact) mass is 313 g/mol. The topological polar surface area (TPSA) is 29.5 Å². The van der Waals surface area contributed by atoms with E-state index in [0.717, 1.165) is 45.4 Å². The van der Waals surface area contributed by atoms with Crippen LogP contribution in [0.2, 0.25) is 0 Å². The van der Waals surface area contributed by atoms with Crippen LogP contribution < -0.4 is 0 Å². The summed E-state index contributed by atoms with van der Waals surface area (Å²) >= 11 is 0. The zero-order chi connectivity index (χ0) is 15.6. The smallest absolute Gasteiger partial charge is 0.139 e. The zero-order valence-electron chi connectivity index (χ0n) is 13.8. The second-order valence-corrected chi connectivity index (χ2v) is 7.56. The predicted octanol–water partition coefficient (Wildman–Crippen LogP) is 3.43. The number of ether oxygens (including phenoxy) is 1. The summed E-state index contributed by atoms with van der Waals surface area (Å²) in [5.74, 6) is 1.21. The first-order valence-corrected chi connectivity index (χ1v) is 9.22. The van der Waals surface area contributed by atoms with Crippen LogP contribution in [0, 0.1) is 11.8 Å². The first-order chi connectivity index (χ1) is 11.3. The van der Waals surface area contributed by atoms with Crippen molar-refractivity contribution in [3.05, 3.63) is 35.9 Å². The maximum Gasteiger partial charge on any atom is 0.139 e. The number of nitrogens with zero attached hydrogens (tertiary/aromatic N) is 1. The third-order valence-corrected chi connectivity index (χ3v) is 6.04. The average molecular weight is 313 g/mol. The molecule has 1 aromatic carbocycles. The molecule has 2 aliphatic heterocycles. The molecule has 0 aromatic heterocycles. The van der Waals surface area contributed by atoms with Gasteiger partial charge in [0.1, 0.15) is 5.78 Å². The van der Waals surface area contributed by atoms with Crippen LogP contribution in [-0.4, -0.2) is 36.0 Å².